The van der Waals surface area contributed by atoms with Crippen molar-refractivity contribution < 1.29 is 4.79 Å². The second-order valence-corrected chi connectivity index (χ2v) is 4.01. The number of carbonyl (C=O) groups is 1. The van der Waals surface area contributed by atoms with Crippen molar-refractivity contribution in [2.45, 2.75) is 20.4 Å². The summed E-state index contributed by atoms with van der Waals surface area (Å²) in [5.74, 6) is 0.0114. The smallest absolute Gasteiger partial charge is 0.248 e. The predicted octanol–water partition coefficient (Wildman–Crippen LogP) is 1.64. The van der Waals surface area contributed by atoms with Gasteiger partial charge < -0.3 is 4.90 Å². The van der Waals surface area contributed by atoms with Crippen LogP contribution in [0.1, 0.15) is 12.6 Å². The van der Waals surface area contributed by atoms with Gasteiger partial charge in [-0.1, -0.05) is 23.4 Å². The number of nitrogens with zero attached hydrogens (tertiary/aromatic N) is 4. The molecule has 0 radical (unpaired) electrons. The minimum absolute atomic E-state index is 0.0114. The molecule has 0 unspecified atom stereocenters. The molecule has 5 nitrogen and oxygen atoms in total. The van der Waals surface area contributed by atoms with Gasteiger partial charge in [0.05, 0.1) is 11.9 Å². The maximum absolute atomic E-state index is 12.2. The van der Waals surface area contributed by atoms with Crippen LogP contribution in [0, 0.1) is 6.92 Å². The number of para-hydroxylation sites is 1. The summed E-state index contributed by atoms with van der Waals surface area (Å²) in [7, 11) is 0. The van der Waals surface area contributed by atoms with Crippen molar-refractivity contribution in [2.75, 3.05) is 11.4 Å². The fraction of sp³-hybridized carbons (Fsp3) is 0.308. The third-order valence-corrected chi connectivity index (χ3v) is 2.78. The van der Waals surface area contributed by atoms with E-state index in [9.17, 15) is 4.79 Å². The third kappa shape index (κ3) is 2.56. The molecule has 1 amide bonds. The molecule has 1 aromatic heterocycles. The second kappa shape index (κ2) is 5.44. The first-order valence-corrected chi connectivity index (χ1v) is 5.93. The van der Waals surface area contributed by atoms with Gasteiger partial charge in [0, 0.05) is 12.2 Å². The SMILES string of the molecule is CCN(C(=O)Cn1nncc1C)c1ccccc1. The second-order valence-electron chi connectivity index (χ2n) is 4.01. The number of likely N-dealkylation sites (N-methyl/N-ethyl adjacent to an activating group) is 1. The highest BCUT2D eigenvalue weighted by atomic mass is 16.2. The van der Waals surface area contributed by atoms with Crippen molar-refractivity contribution in [1.29, 1.82) is 0 Å². The molecule has 94 valence electrons. The molecule has 1 heterocycles. The van der Waals surface area contributed by atoms with E-state index in [1.165, 1.54) is 0 Å². The Labute approximate surface area is 106 Å². The minimum atomic E-state index is 0.0114. The van der Waals surface area contributed by atoms with E-state index >= 15 is 0 Å². The Morgan fingerprint density at radius 2 is 2.06 bits per heavy atom. The van der Waals surface area contributed by atoms with E-state index in [-0.39, 0.29) is 12.5 Å². The Hall–Kier alpha value is -2.17. The number of carbonyl (C=O) groups excluding carboxylic acids is 1. The molecule has 0 atom stereocenters. The highest BCUT2D eigenvalue weighted by Crippen LogP contribution is 2.13. The van der Waals surface area contributed by atoms with Gasteiger partial charge in [0.2, 0.25) is 5.91 Å². The molecule has 0 fully saturated rings. The maximum atomic E-state index is 12.2. The molecule has 2 rings (SSSR count). The van der Waals surface area contributed by atoms with Crippen LogP contribution in [0.15, 0.2) is 36.5 Å². The summed E-state index contributed by atoms with van der Waals surface area (Å²) in [5, 5.41) is 7.66. The fourth-order valence-corrected chi connectivity index (χ4v) is 1.79. The number of benzene rings is 1. The standard InChI is InChI=1S/C13H16N4O/c1-3-16(12-7-5-4-6-8-12)13(18)10-17-11(2)9-14-15-17/h4-9H,3,10H2,1-2H3. The van der Waals surface area contributed by atoms with Crippen LogP contribution in [0.5, 0.6) is 0 Å². The highest BCUT2D eigenvalue weighted by Gasteiger charge is 2.15. The van der Waals surface area contributed by atoms with Crippen LogP contribution in [-0.2, 0) is 11.3 Å². The Balaban J connectivity index is 2.14. The van der Waals surface area contributed by atoms with E-state index < -0.39 is 0 Å². The number of amides is 1. The zero-order valence-electron chi connectivity index (χ0n) is 10.6. The van der Waals surface area contributed by atoms with E-state index in [2.05, 4.69) is 10.3 Å². The number of aromatic nitrogens is 3. The molecule has 0 aliphatic rings. The van der Waals surface area contributed by atoms with Crippen LogP contribution in [0.3, 0.4) is 0 Å². The summed E-state index contributed by atoms with van der Waals surface area (Å²) in [6.45, 7) is 4.69. The van der Waals surface area contributed by atoms with Crippen LogP contribution in [0.2, 0.25) is 0 Å². The van der Waals surface area contributed by atoms with E-state index in [1.807, 2.05) is 44.2 Å². The number of rotatable bonds is 4. The molecule has 0 spiro atoms. The topological polar surface area (TPSA) is 51.0 Å². The van der Waals surface area contributed by atoms with Gasteiger partial charge in [0.15, 0.2) is 0 Å². The summed E-state index contributed by atoms with van der Waals surface area (Å²) in [6, 6.07) is 9.63. The number of hydrogen-bond donors (Lipinski definition) is 0. The highest BCUT2D eigenvalue weighted by molar-refractivity contribution is 5.93. The summed E-state index contributed by atoms with van der Waals surface area (Å²) < 4.78 is 1.61. The molecule has 0 saturated heterocycles. The fourth-order valence-electron chi connectivity index (χ4n) is 1.79. The molecule has 0 aliphatic heterocycles. The zero-order chi connectivity index (χ0) is 13.0. The van der Waals surface area contributed by atoms with E-state index in [0.29, 0.717) is 6.54 Å². The van der Waals surface area contributed by atoms with Gasteiger partial charge in [-0.2, -0.15) is 0 Å². The quantitative estimate of drug-likeness (QED) is 0.821. The van der Waals surface area contributed by atoms with Gasteiger partial charge in [0.1, 0.15) is 6.54 Å². The largest absolute Gasteiger partial charge is 0.311 e. The van der Waals surface area contributed by atoms with E-state index in [4.69, 9.17) is 0 Å². The normalized spacial score (nSPS) is 10.3. The summed E-state index contributed by atoms with van der Waals surface area (Å²) in [5.41, 5.74) is 1.79. The minimum Gasteiger partial charge on any atom is -0.311 e. The van der Waals surface area contributed by atoms with Crippen LogP contribution >= 0.6 is 0 Å². The monoisotopic (exact) mass is 244 g/mol. The molecule has 0 N–H and O–H groups in total. The van der Waals surface area contributed by atoms with Crippen molar-refractivity contribution in [2.24, 2.45) is 0 Å². The van der Waals surface area contributed by atoms with Crippen LogP contribution in [0.4, 0.5) is 5.69 Å². The lowest BCUT2D eigenvalue weighted by Gasteiger charge is -2.21. The van der Waals surface area contributed by atoms with Crippen molar-refractivity contribution in [1.82, 2.24) is 15.0 Å². The van der Waals surface area contributed by atoms with Crippen LogP contribution in [0.25, 0.3) is 0 Å². The Morgan fingerprint density at radius 1 is 1.33 bits per heavy atom. The Kier molecular flexibility index (Phi) is 3.72. The molecular formula is C13H16N4O. The lowest BCUT2D eigenvalue weighted by atomic mass is 10.3. The zero-order valence-corrected chi connectivity index (χ0v) is 10.6. The van der Waals surface area contributed by atoms with Crippen molar-refractivity contribution in [3.8, 4) is 0 Å². The van der Waals surface area contributed by atoms with Gasteiger partial charge in [-0.05, 0) is 26.0 Å². The lowest BCUT2D eigenvalue weighted by molar-refractivity contribution is -0.119. The number of aryl methyl sites for hydroxylation is 1. The molecule has 0 aliphatic carbocycles. The Bertz CT molecular complexity index is 521. The van der Waals surface area contributed by atoms with Gasteiger partial charge in [-0.25, -0.2) is 4.68 Å². The van der Waals surface area contributed by atoms with Crippen molar-refractivity contribution in [3.05, 3.63) is 42.2 Å². The summed E-state index contributed by atoms with van der Waals surface area (Å²) >= 11 is 0. The first-order valence-electron chi connectivity index (χ1n) is 5.93. The predicted molar refractivity (Wildman–Crippen MR) is 69.2 cm³/mol. The van der Waals surface area contributed by atoms with Crippen molar-refractivity contribution >= 4 is 11.6 Å². The molecule has 0 bridgehead atoms. The number of hydrogen-bond acceptors (Lipinski definition) is 3. The average molecular weight is 244 g/mol. The van der Waals surface area contributed by atoms with E-state index in [1.54, 1.807) is 15.8 Å². The average Bonchev–Trinajstić information content (AvgIpc) is 2.77. The number of anilines is 1. The first kappa shape index (κ1) is 12.3. The third-order valence-electron chi connectivity index (χ3n) is 2.78. The van der Waals surface area contributed by atoms with Gasteiger partial charge in [-0.15, -0.1) is 5.10 Å². The van der Waals surface area contributed by atoms with Gasteiger partial charge in [-0.3, -0.25) is 4.79 Å². The molecule has 0 saturated carbocycles. The maximum Gasteiger partial charge on any atom is 0.248 e. The lowest BCUT2D eigenvalue weighted by Crippen LogP contribution is -2.34. The summed E-state index contributed by atoms with van der Waals surface area (Å²) in [6.07, 6.45) is 1.64. The molecular weight excluding hydrogens is 228 g/mol. The van der Waals surface area contributed by atoms with E-state index in [0.717, 1.165) is 11.4 Å². The van der Waals surface area contributed by atoms with Gasteiger partial charge >= 0.3 is 0 Å². The van der Waals surface area contributed by atoms with Gasteiger partial charge in [0.25, 0.3) is 0 Å². The molecule has 18 heavy (non-hydrogen) atoms. The van der Waals surface area contributed by atoms with Crippen LogP contribution < -0.4 is 4.90 Å². The Morgan fingerprint density at radius 3 is 2.61 bits per heavy atom. The summed E-state index contributed by atoms with van der Waals surface area (Å²) in [4.78, 5) is 14.0. The van der Waals surface area contributed by atoms with Crippen LogP contribution in [-0.4, -0.2) is 27.4 Å². The molecule has 2 aromatic rings. The first-order chi connectivity index (χ1) is 8.72. The molecule has 1 aromatic carbocycles. The van der Waals surface area contributed by atoms with Crippen molar-refractivity contribution in [3.63, 3.8) is 0 Å². The molecule has 5 heteroatoms.